The number of carbonyl (C=O) groups excluding carboxylic acids is 1. The van der Waals surface area contributed by atoms with Crippen molar-refractivity contribution in [2.75, 3.05) is 17.8 Å². The van der Waals surface area contributed by atoms with Crippen molar-refractivity contribution in [1.29, 1.82) is 0 Å². The van der Waals surface area contributed by atoms with Gasteiger partial charge in [-0.15, -0.1) is 11.8 Å². The highest BCUT2D eigenvalue weighted by molar-refractivity contribution is 8.02. The zero-order valence-electron chi connectivity index (χ0n) is 24.5. The smallest absolute Gasteiger partial charge is 0.228 e. The highest BCUT2D eigenvalue weighted by atomic mass is 35.5. The number of amides is 1. The molecule has 2 aromatic rings. The first-order valence-electron chi connectivity index (χ1n) is 15.5. The summed E-state index contributed by atoms with van der Waals surface area (Å²) in [6.45, 7) is 3.84. The Balaban J connectivity index is 1.22. The zero-order valence-corrected chi connectivity index (χ0v) is 26.0. The Morgan fingerprint density at radius 3 is 2.02 bits per heavy atom. The van der Waals surface area contributed by atoms with Gasteiger partial charge in [-0.1, -0.05) is 120 Å². The largest absolute Gasteiger partial charge is 0.492 e. The summed E-state index contributed by atoms with van der Waals surface area (Å²) < 4.78 is 5.92. The molecule has 0 bridgehead atoms. The Morgan fingerprint density at radius 2 is 1.45 bits per heavy atom. The van der Waals surface area contributed by atoms with Crippen molar-refractivity contribution in [1.82, 2.24) is 4.90 Å². The number of nitrogens with one attached hydrogen (secondary N) is 1. The van der Waals surface area contributed by atoms with E-state index in [1.54, 1.807) is 11.8 Å². The highest BCUT2D eigenvalue weighted by Crippen LogP contribution is 2.26. The quantitative estimate of drug-likeness (QED) is 0.148. The van der Waals surface area contributed by atoms with Crippen LogP contribution >= 0.6 is 23.4 Å². The maximum atomic E-state index is 12.6. The van der Waals surface area contributed by atoms with E-state index < -0.39 is 0 Å². The molecule has 0 saturated heterocycles. The zero-order chi connectivity index (χ0) is 28.3. The number of thioether (sulfide) groups is 1. The molecule has 1 aliphatic rings. The normalized spacial score (nSPS) is 12.7. The van der Waals surface area contributed by atoms with E-state index in [1.165, 1.54) is 89.0 Å². The molecule has 0 saturated carbocycles. The number of hydrogen-bond acceptors (Lipinski definition) is 4. The van der Waals surface area contributed by atoms with Gasteiger partial charge in [0.1, 0.15) is 5.75 Å². The average molecular weight is 585 g/mol. The Bertz CT molecular complexity index is 1010. The van der Waals surface area contributed by atoms with Gasteiger partial charge in [0, 0.05) is 18.4 Å². The van der Waals surface area contributed by atoms with Gasteiger partial charge in [-0.2, -0.15) is 0 Å². The summed E-state index contributed by atoms with van der Waals surface area (Å²) in [5.74, 6) is 1.63. The molecule has 0 radical (unpaired) electrons. The summed E-state index contributed by atoms with van der Waals surface area (Å²) in [6, 6.07) is 13.7. The number of rotatable bonds is 21. The Labute approximate surface area is 252 Å². The fourth-order valence-corrected chi connectivity index (χ4v) is 5.95. The molecule has 1 N–H and O–H groups in total. The first-order valence-corrected chi connectivity index (χ1v) is 16.9. The summed E-state index contributed by atoms with van der Waals surface area (Å²) in [7, 11) is 0. The molecule has 4 nitrogen and oxygen atoms in total. The molecule has 3 rings (SSSR count). The van der Waals surface area contributed by atoms with Crippen LogP contribution in [0.2, 0.25) is 5.02 Å². The topological polar surface area (TPSA) is 41.6 Å². The lowest BCUT2D eigenvalue weighted by molar-refractivity contribution is -0.115. The van der Waals surface area contributed by atoms with E-state index in [2.05, 4.69) is 40.9 Å². The Morgan fingerprint density at radius 1 is 0.850 bits per heavy atom. The Kier molecular flexibility index (Phi) is 16.1. The molecular formula is C34H49ClN2O2S. The van der Waals surface area contributed by atoms with E-state index >= 15 is 0 Å². The lowest BCUT2D eigenvalue weighted by Crippen LogP contribution is -2.15. The first kappa shape index (κ1) is 32.4. The van der Waals surface area contributed by atoms with E-state index in [1.807, 2.05) is 30.3 Å². The number of benzene rings is 2. The van der Waals surface area contributed by atoms with E-state index in [0.29, 0.717) is 17.4 Å². The second kappa shape index (κ2) is 19.9. The minimum absolute atomic E-state index is 0.0567. The third-order valence-electron chi connectivity index (χ3n) is 7.35. The summed E-state index contributed by atoms with van der Waals surface area (Å²) in [5.41, 5.74) is 2.90. The second-order valence-electron chi connectivity index (χ2n) is 11.0. The summed E-state index contributed by atoms with van der Waals surface area (Å²) in [4.78, 5) is 14.8. The molecule has 1 heterocycles. The van der Waals surface area contributed by atoms with Crippen LogP contribution in [-0.4, -0.2) is 23.3 Å². The van der Waals surface area contributed by atoms with Crippen LogP contribution in [0.15, 0.2) is 54.1 Å². The van der Waals surface area contributed by atoms with Crippen molar-refractivity contribution in [3.63, 3.8) is 0 Å². The van der Waals surface area contributed by atoms with Crippen molar-refractivity contribution >= 4 is 35.0 Å². The number of halogens is 1. The number of nitrogens with zero attached hydrogens (tertiary/aromatic N) is 1. The molecule has 220 valence electrons. The van der Waals surface area contributed by atoms with Gasteiger partial charge in [0.25, 0.3) is 0 Å². The predicted molar refractivity (Wildman–Crippen MR) is 173 cm³/mol. The predicted octanol–water partition coefficient (Wildman–Crippen LogP) is 10.4. The number of anilines is 1. The third-order valence-corrected chi connectivity index (χ3v) is 8.44. The molecule has 0 unspecified atom stereocenters. The van der Waals surface area contributed by atoms with Crippen LogP contribution < -0.4 is 10.1 Å². The molecule has 1 aliphatic heterocycles. The fourth-order valence-electron chi connectivity index (χ4n) is 4.98. The van der Waals surface area contributed by atoms with Gasteiger partial charge in [0.15, 0.2) is 0 Å². The van der Waals surface area contributed by atoms with Crippen LogP contribution in [0.25, 0.3) is 0 Å². The van der Waals surface area contributed by atoms with Crippen molar-refractivity contribution < 1.29 is 9.53 Å². The molecule has 6 heteroatoms. The van der Waals surface area contributed by atoms with Gasteiger partial charge in [-0.05, 0) is 47.2 Å². The van der Waals surface area contributed by atoms with Crippen LogP contribution in [0.4, 0.5) is 5.69 Å². The molecule has 0 aliphatic carbocycles. The average Bonchev–Trinajstić information content (AvgIpc) is 3.46. The standard InChI is InChI=1S/C34H49ClN2O2S/c1-2-3-4-5-6-7-8-9-10-11-12-13-14-15-23-39-33-21-18-30(25-32(33)35)26-34(38)36-31-19-16-29(17-20-31)27-37-22-24-40-28-37/h16-22,24-25H,2-15,23,26-28H2,1H3,(H,36,38). The molecule has 0 atom stereocenters. The molecule has 2 aromatic carbocycles. The SMILES string of the molecule is CCCCCCCCCCCCCCCCOc1ccc(CC(=O)Nc2ccc(CN3C=CSC3)cc2)cc1Cl. The maximum Gasteiger partial charge on any atom is 0.228 e. The number of hydrogen-bond donors (Lipinski definition) is 1. The van der Waals surface area contributed by atoms with Crippen LogP contribution in [0.3, 0.4) is 0 Å². The van der Waals surface area contributed by atoms with Gasteiger partial charge < -0.3 is 15.0 Å². The van der Waals surface area contributed by atoms with Crippen molar-refractivity contribution in [3.05, 3.63) is 70.2 Å². The number of ether oxygens (including phenoxy) is 1. The first-order chi connectivity index (χ1) is 19.6. The van der Waals surface area contributed by atoms with Crippen molar-refractivity contribution in [2.45, 2.75) is 110 Å². The second-order valence-corrected chi connectivity index (χ2v) is 12.2. The monoisotopic (exact) mass is 584 g/mol. The lowest BCUT2D eigenvalue weighted by Gasteiger charge is -2.15. The minimum Gasteiger partial charge on any atom is -0.492 e. The van der Waals surface area contributed by atoms with Crippen LogP contribution in [0, 0.1) is 0 Å². The molecule has 1 amide bonds. The van der Waals surface area contributed by atoms with E-state index in [0.717, 1.165) is 30.1 Å². The number of carbonyl (C=O) groups is 1. The van der Waals surface area contributed by atoms with E-state index in [-0.39, 0.29) is 12.3 Å². The van der Waals surface area contributed by atoms with E-state index in [9.17, 15) is 4.79 Å². The molecule has 0 spiro atoms. The van der Waals surface area contributed by atoms with Gasteiger partial charge in [-0.3, -0.25) is 4.79 Å². The van der Waals surface area contributed by atoms with Crippen LogP contribution in [0.5, 0.6) is 5.75 Å². The van der Waals surface area contributed by atoms with Crippen molar-refractivity contribution in [2.24, 2.45) is 0 Å². The van der Waals surface area contributed by atoms with Gasteiger partial charge in [-0.25, -0.2) is 0 Å². The Hall–Kier alpha value is -2.11. The third kappa shape index (κ3) is 13.5. The highest BCUT2D eigenvalue weighted by Gasteiger charge is 2.09. The van der Waals surface area contributed by atoms with Gasteiger partial charge >= 0.3 is 0 Å². The van der Waals surface area contributed by atoms with Crippen LogP contribution in [-0.2, 0) is 17.8 Å². The fraction of sp³-hybridized carbons (Fsp3) is 0.559. The summed E-state index contributed by atoms with van der Waals surface area (Å²) in [6.07, 6.45) is 21.2. The summed E-state index contributed by atoms with van der Waals surface area (Å²) >= 11 is 8.26. The van der Waals surface area contributed by atoms with E-state index in [4.69, 9.17) is 16.3 Å². The minimum atomic E-state index is -0.0567. The maximum absolute atomic E-state index is 12.6. The molecule has 0 aromatic heterocycles. The van der Waals surface area contributed by atoms with Crippen molar-refractivity contribution in [3.8, 4) is 5.75 Å². The van der Waals surface area contributed by atoms with Crippen LogP contribution in [0.1, 0.15) is 108 Å². The molecule has 40 heavy (non-hydrogen) atoms. The van der Waals surface area contributed by atoms with Gasteiger partial charge in [0.05, 0.1) is 23.9 Å². The van der Waals surface area contributed by atoms with Gasteiger partial charge in [0.2, 0.25) is 5.91 Å². The summed E-state index contributed by atoms with van der Waals surface area (Å²) in [5, 5.41) is 5.66. The lowest BCUT2D eigenvalue weighted by atomic mass is 10.0. The number of unbranched alkanes of at least 4 members (excludes halogenated alkanes) is 13. The molecular weight excluding hydrogens is 536 g/mol. The molecule has 0 fully saturated rings.